The maximum Gasteiger partial charge on any atom is 0.276 e. The molecule has 8 heteroatoms. The van der Waals surface area contributed by atoms with Crippen molar-refractivity contribution in [1.29, 1.82) is 0 Å². The van der Waals surface area contributed by atoms with Gasteiger partial charge in [0.15, 0.2) is 11.5 Å². The van der Waals surface area contributed by atoms with Crippen molar-refractivity contribution < 1.29 is 18.7 Å². The molecule has 0 saturated carbocycles. The van der Waals surface area contributed by atoms with Crippen molar-refractivity contribution in [2.45, 2.75) is 12.1 Å². The number of benzene rings is 1. The molecule has 0 aliphatic rings. The average Bonchev–Trinajstić information content (AvgIpc) is 2.99. The molecule has 0 fully saturated rings. The largest absolute Gasteiger partial charge is 0.493 e. The minimum Gasteiger partial charge on any atom is -0.493 e. The fourth-order valence-corrected chi connectivity index (χ4v) is 2.33. The van der Waals surface area contributed by atoms with Crippen LogP contribution < -0.4 is 14.8 Å². The second-order valence-electron chi connectivity index (χ2n) is 4.27. The Morgan fingerprint density at radius 3 is 2.73 bits per heavy atom. The SMILES string of the molecule is COc1ccc(-c2nnc(SCCNC(C)=O)o2)cc1OC. The zero-order valence-electron chi connectivity index (χ0n) is 12.6. The number of amides is 1. The molecule has 22 heavy (non-hydrogen) atoms. The van der Waals surface area contributed by atoms with Gasteiger partial charge in [0.1, 0.15) is 0 Å². The molecule has 2 aromatic rings. The summed E-state index contributed by atoms with van der Waals surface area (Å²) in [6, 6.07) is 5.38. The molecule has 1 aromatic carbocycles. The lowest BCUT2D eigenvalue weighted by Gasteiger charge is -2.07. The Hall–Kier alpha value is -2.22. The zero-order chi connectivity index (χ0) is 15.9. The number of methoxy groups -OCH3 is 2. The van der Waals surface area contributed by atoms with E-state index < -0.39 is 0 Å². The molecule has 1 aromatic heterocycles. The summed E-state index contributed by atoms with van der Waals surface area (Å²) in [7, 11) is 3.15. The minimum absolute atomic E-state index is 0.0582. The second-order valence-corrected chi connectivity index (χ2v) is 5.32. The van der Waals surface area contributed by atoms with Gasteiger partial charge in [0.2, 0.25) is 11.8 Å². The van der Waals surface area contributed by atoms with Crippen molar-refractivity contribution in [1.82, 2.24) is 15.5 Å². The Morgan fingerprint density at radius 1 is 1.27 bits per heavy atom. The number of hydrogen-bond acceptors (Lipinski definition) is 7. The summed E-state index contributed by atoms with van der Waals surface area (Å²) in [5.41, 5.74) is 0.749. The van der Waals surface area contributed by atoms with Gasteiger partial charge in [0, 0.05) is 24.8 Å². The molecular formula is C14H17N3O4S. The minimum atomic E-state index is -0.0582. The second kappa shape index (κ2) is 7.69. The van der Waals surface area contributed by atoms with Crippen LogP contribution in [-0.2, 0) is 4.79 Å². The van der Waals surface area contributed by atoms with E-state index in [0.29, 0.717) is 34.9 Å². The van der Waals surface area contributed by atoms with Crippen molar-refractivity contribution in [3.05, 3.63) is 18.2 Å². The van der Waals surface area contributed by atoms with Crippen molar-refractivity contribution in [3.63, 3.8) is 0 Å². The lowest BCUT2D eigenvalue weighted by Crippen LogP contribution is -2.22. The third-order valence-electron chi connectivity index (χ3n) is 2.74. The van der Waals surface area contributed by atoms with Crippen LogP contribution in [0.15, 0.2) is 27.8 Å². The summed E-state index contributed by atoms with van der Waals surface area (Å²) in [5.74, 6) is 2.24. The Kier molecular flexibility index (Phi) is 5.65. The Labute approximate surface area is 132 Å². The fraction of sp³-hybridized carbons (Fsp3) is 0.357. The van der Waals surface area contributed by atoms with E-state index in [1.54, 1.807) is 26.4 Å². The van der Waals surface area contributed by atoms with Crippen LogP contribution in [0.2, 0.25) is 0 Å². The van der Waals surface area contributed by atoms with Crippen LogP contribution in [0.4, 0.5) is 0 Å². The van der Waals surface area contributed by atoms with Gasteiger partial charge in [0.05, 0.1) is 14.2 Å². The summed E-state index contributed by atoms with van der Waals surface area (Å²) in [6.07, 6.45) is 0. The van der Waals surface area contributed by atoms with E-state index in [1.807, 2.05) is 6.07 Å². The topological polar surface area (TPSA) is 86.5 Å². The molecule has 2 rings (SSSR count). The molecule has 0 saturated heterocycles. The quantitative estimate of drug-likeness (QED) is 0.616. The van der Waals surface area contributed by atoms with Gasteiger partial charge in [-0.2, -0.15) is 0 Å². The molecule has 1 heterocycles. The number of thioether (sulfide) groups is 1. The highest BCUT2D eigenvalue weighted by atomic mass is 32.2. The first-order valence-electron chi connectivity index (χ1n) is 6.57. The molecule has 1 amide bonds. The smallest absolute Gasteiger partial charge is 0.276 e. The number of nitrogens with zero attached hydrogens (tertiary/aromatic N) is 2. The number of rotatable bonds is 7. The first-order chi connectivity index (χ1) is 10.6. The fourth-order valence-electron chi connectivity index (χ4n) is 1.72. The van der Waals surface area contributed by atoms with E-state index in [0.717, 1.165) is 5.56 Å². The summed E-state index contributed by atoms with van der Waals surface area (Å²) in [4.78, 5) is 10.8. The van der Waals surface area contributed by atoms with Crippen LogP contribution >= 0.6 is 11.8 Å². The molecule has 1 N–H and O–H groups in total. The molecule has 7 nitrogen and oxygen atoms in total. The van der Waals surface area contributed by atoms with Gasteiger partial charge >= 0.3 is 0 Å². The Morgan fingerprint density at radius 2 is 2.05 bits per heavy atom. The van der Waals surface area contributed by atoms with E-state index in [1.165, 1.54) is 18.7 Å². The molecule has 0 aliphatic heterocycles. The molecular weight excluding hydrogens is 306 g/mol. The van der Waals surface area contributed by atoms with Gasteiger partial charge in [-0.25, -0.2) is 0 Å². The summed E-state index contributed by atoms with van der Waals surface area (Å²) in [6.45, 7) is 2.03. The Bertz CT molecular complexity index is 645. The first kappa shape index (κ1) is 16.2. The van der Waals surface area contributed by atoms with Crippen LogP contribution in [0.5, 0.6) is 11.5 Å². The lowest BCUT2D eigenvalue weighted by atomic mass is 10.2. The zero-order valence-corrected chi connectivity index (χ0v) is 13.4. The Balaban J connectivity index is 2.03. The van der Waals surface area contributed by atoms with Crippen molar-refractivity contribution >= 4 is 17.7 Å². The van der Waals surface area contributed by atoms with Crippen molar-refractivity contribution in [2.24, 2.45) is 0 Å². The number of ether oxygens (including phenoxy) is 2. The van der Waals surface area contributed by atoms with Gasteiger partial charge in [-0.1, -0.05) is 11.8 Å². The van der Waals surface area contributed by atoms with Crippen molar-refractivity contribution in [2.75, 3.05) is 26.5 Å². The van der Waals surface area contributed by atoms with Gasteiger partial charge < -0.3 is 19.2 Å². The normalized spacial score (nSPS) is 10.3. The average molecular weight is 323 g/mol. The maximum absolute atomic E-state index is 10.8. The molecule has 0 bridgehead atoms. The molecule has 0 atom stereocenters. The van der Waals surface area contributed by atoms with E-state index in [-0.39, 0.29) is 5.91 Å². The molecule has 0 unspecified atom stereocenters. The van der Waals surface area contributed by atoms with Gasteiger partial charge in [-0.3, -0.25) is 4.79 Å². The van der Waals surface area contributed by atoms with E-state index >= 15 is 0 Å². The highest BCUT2D eigenvalue weighted by Gasteiger charge is 2.12. The third-order valence-corrected chi connectivity index (χ3v) is 3.56. The predicted molar refractivity (Wildman–Crippen MR) is 82.2 cm³/mol. The first-order valence-corrected chi connectivity index (χ1v) is 7.55. The standard InChI is InChI=1S/C14H17N3O4S/c1-9(18)15-6-7-22-14-17-16-13(21-14)10-4-5-11(19-2)12(8-10)20-3/h4-5,8H,6-7H2,1-3H3,(H,15,18). The number of hydrogen-bond donors (Lipinski definition) is 1. The van der Waals surface area contributed by atoms with Gasteiger partial charge in [-0.15, -0.1) is 10.2 Å². The van der Waals surface area contributed by atoms with Crippen LogP contribution in [0.3, 0.4) is 0 Å². The molecule has 0 aliphatic carbocycles. The van der Waals surface area contributed by atoms with Crippen LogP contribution in [0.1, 0.15) is 6.92 Å². The van der Waals surface area contributed by atoms with Crippen molar-refractivity contribution in [3.8, 4) is 23.0 Å². The van der Waals surface area contributed by atoms with Crippen LogP contribution in [0, 0.1) is 0 Å². The summed E-state index contributed by atoms with van der Waals surface area (Å²) >= 11 is 1.38. The van der Waals surface area contributed by atoms with Crippen LogP contribution in [0.25, 0.3) is 11.5 Å². The number of aromatic nitrogens is 2. The van der Waals surface area contributed by atoms with E-state index in [9.17, 15) is 4.79 Å². The van der Waals surface area contributed by atoms with Crippen LogP contribution in [-0.4, -0.2) is 42.6 Å². The molecule has 118 valence electrons. The number of nitrogens with one attached hydrogen (secondary N) is 1. The van der Waals surface area contributed by atoms with Gasteiger partial charge in [0.25, 0.3) is 5.22 Å². The highest BCUT2D eigenvalue weighted by Crippen LogP contribution is 2.32. The van der Waals surface area contributed by atoms with Gasteiger partial charge in [-0.05, 0) is 18.2 Å². The lowest BCUT2D eigenvalue weighted by molar-refractivity contribution is -0.118. The molecule has 0 spiro atoms. The summed E-state index contributed by atoms with van der Waals surface area (Å²) in [5, 5.41) is 11.1. The third kappa shape index (κ3) is 4.14. The summed E-state index contributed by atoms with van der Waals surface area (Å²) < 4.78 is 16.0. The van der Waals surface area contributed by atoms with E-state index in [4.69, 9.17) is 13.9 Å². The highest BCUT2D eigenvalue weighted by molar-refractivity contribution is 7.99. The molecule has 0 radical (unpaired) electrons. The predicted octanol–water partition coefficient (Wildman–Crippen LogP) is 1.98. The monoisotopic (exact) mass is 323 g/mol. The van der Waals surface area contributed by atoms with E-state index in [2.05, 4.69) is 15.5 Å². The number of carbonyl (C=O) groups is 1. The number of carbonyl (C=O) groups excluding carboxylic acids is 1. The maximum atomic E-state index is 10.8.